The number of methoxy groups -OCH3 is 1. The van der Waals surface area contributed by atoms with Gasteiger partial charge in [0.05, 0.1) is 28.0 Å². The Hall–Kier alpha value is -2.60. The smallest absolute Gasteiger partial charge is 0.417 e. The van der Waals surface area contributed by atoms with Crippen molar-refractivity contribution in [2.45, 2.75) is 19.2 Å². The summed E-state index contributed by atoms with van der Waals surface area (Å²) in [5.74, 6) is -0.307. The highest BCUT2D eigenvalue weighted by molar-refractivity contribution is 7.17. The van der Waals surface area contributed by atoms with Gasteiger partial charge in [0.1, 0.15) is 11.9 Å². The fraction of sp³-hybridized carbons (Fsp3) is 0.550. The Labute approximate surface area is 186 Å². The second-order valence-corrected chi connectivity index (χ2v) is 9.17. The van der Waals surface area contributed by atoms with E-state index < -0.39 is 23.7 Å². The summed E-state index contributed by atoms with van der Waals surface area (Å²) >= 11 is 0.855. The number of alkyl halides is 3. The average molecular weight is 472 g/mol. The molecule has 0 radical (unpaired) electrons. The first-order valence-corrected chi connectivity index (χ1v) is 10.9. The first-order chi connectivity index (χ1) is 15.1. The molecule has 0 aliphatic carbocycles. The van der Waals surface area contributed by atoms with Gasteiger partial charge in [-0.05, 0) is 13.0 Å². The van der Waals surface area contributed by atoms with E-state index in [0.717, 1.165) is 17.4 Å². The van der Waals surface area contributed by atoms with Gasteiger partial charge in [-0.2, -0.15) is 13.2 Å². The summed E-state index contributed by atoms with van der Waals surface area (Å²) in [5, 5.41) is 3.83. The minimum Gasteiger partial charge on any atom is -0.444 e. The number of nitrogens with zero attached hydrogens (tertiary/aromatic N) is 3. The molecule has 2 aromatic heterocycles. The molecule has 2 aliphatic heterocycles. The molecule has 4 heterocycles. The lowest BCUT2D eigenvalue weighted by Crippen LogP contribution is -2.73. The van der Waals surface area contributed by atoms with Crippen molar-refractivity contribution < 1.29 is 32.2 Å². The molecule has 2 fully saturated rings. The molecule has 1 atom stereocenters. The monoisotopic (exact) mass is 472 g/mol. The summed E-state index contributed by atoms with van der Waals surface area (Å²) in [7, 11) is 2.94. The maximum absolute atomic E-state index is 13.7. The van der Waals surface area contributed by atoms with Gasteiger partial charge in [0, 0.05) is 51.1 Å². The molecule has 4 rings (SSSR count). The van der Waals surface area contributed by atoms with E-state index in [-0.39, 0.29) is 33.1 Å². The van der Waals surface area contributed by atoms with Crippen molar-refractivity contribution in [2.24, 2.45) is 5.41 Å². The number of thiophene rings is 1. The first-order valence-electron chi connectivity index (χ1n) is 9.98. The van der Waals surface area contributed by atoms with Crippen molar-refractivity contribution in [1.29, 1.82) is 0 Å². The molecule has 0 saturated carbocycles. The Kier molecular flexibility index (Phi) is 5.70. The van der Waals surface area contributed by atoms with Crippen LogP contribution in [0.15, 0.2) is 11.4 Å². The summed E-state index contributed by atoms with van der Waals surface area (Å²) in [5.41, 5.74) is -0.815. The highest BCUT2D eigenvalue weighted by atomic mass is 32.1. The highest BCUT2D eigenvalue weighted by Gasteiger charge is 2.54. The van der Waals surface area contributed by atoms with Crippen molar-refractivity contribution in [1.82, 2.24) is 15.2 Å². The molecule has 1 spiro atoms. The van der Waals surface area contributed by atoms with Crippen LogP contribution in [0.5, 0.6) is 0 Å². The molecule has 12 heteroatoms. The standard InChI is InChI=1S/C20H23F3N4O4S/c1-11(5-30-3)31-18(29)27-9-19(10-27)7-26(8-19)14-4-13(20(21,22)23)16-15(25-14)12(6-32-16)17(28)24-2/h4,6,11H,5,7-10H2,1-3H3,(H,24,28). The molecule has 32 heavy (non-hydrogen) atoms. The van der Waals surface area contributed by atoms with Crippen molar-refractivity contribution in [3.63, 3.8) is 0 Å². The third-order valence-corrected chi connectivity index (χ3v) is 6.68. The van der Waals surface area contributed by atoms with Crippen LogP contribution in [-0.4, -0.2) is 74.9 Å². The van der Waals surface area contributed by atoms with Gasteiger partial charge in [0.15, 0.2) is 0 Å². The number of hydrogen-bond donors (Lipinski definition) is 1. The summed E-state index contributed by atoms with van der Waals surface area (Å²) in [4.78, 5) is 32.0. The molecule has 174 valence electrons. The molecular weight excluding hydrogens is 449 g/mol. The Morgan fingerprint density at radius 2 is 2.00 bits per heavy atom. The summed E-state index contributed by atoms with van der Waals surface area (Å²) in [6.07, 6.45) is -5.36. The number of fused-ring (bicyclic) bond motifs is 1. The van der Waals surface area contributed by atoms with Gasteiger partial charge >= 0.3 is 12.3 Å². The number of anilines is 1. The number of hydrogen-bond acceptors (Lipinski definition) is 7. The summed E-state index contributed by atoms with van der Waals surface area (Å²) in [6.45, 7) is 3.92. The van der Waals surface area contributed by atoms with E-state index >= 15 is 0 Å². The number of likely N-dealkylation sites (tertiary alicyclic amines) is 1. The van der Waals surface area contributed by atoms with Crippen molar-refractivity contribution >= 4 is 39.4 Å². The number of nitrogens with one attached hydrogen (secondary N) is 1. The first kappa shape index (κ1) is 22.6. The maximum atomic E-state index is 13.7. The van der Waals surface area contributed by atoms with Crippen LogP contribution in [0.3, 0.4) is 0 Å². The molecule has 1 unspecified atom stereocenters. The van der Waals surface area contributed by atoms with Crippen LogP contribution in [0.4, 0.5) is 23.8 Å². The minimum atomic E-state index is -4.57. The third kappa shape index (κ3) is 3.96. The second-order valence-electron chi connectivity index (χ2n) is 8.29. The van der Waals surface area contributed by atoms with Crippen LogP contribution in [-0.2, 0) is 15.7 Å². The Morgan fingerprint density at radius 3 is 2.59 bits per heavy atom. The molecule has 2 aromatic rings. The van der Waals surface area contributed by atoms with Gasteiger partial charge in [-0.25, -0.2) is 9.78 Å². The molecule has 1 N–H and O–H groups in total. The second kappa shape index (κ2) is 8.07. The van der Waals surface area contributed by atoms with Gasteiger partial charge in [0.25, 0.3) is 5.91 Å². The van der Waals surface area contributed by atoms with Gasteiger partial charge < -0.3 is 24.6 Å². The maximum Gasteiger partial charge on any atom is 0.417 e. The molecule has 0 aromatic carbocycles. The lowest BCUT2D eigenvalue weighted by molar-refractivity contribution is -0.136. The number of aromatic nitrogens is 1. The van der Waals surface area contributed by atoms with Crippen molar-refractivity contribution in [2.75, 3.05) is 51.8 Å². The minimum absolute atomic E-state index is 0.0473. The van der Waals surface area contributed by atoms with Crippen LogP contribution >= 0.6 is 11.3 Å². The predicted molar refractivity (Wildman–Crippen MR) is 112 cm³/mol. The molecule has 2 saturated heterocycles. The number of amides is 2. The van der Waals surface area contributed by atoms with Crippen LogP contribution in [0, 0.1) is 5.41 Å². The van der Waals surface area contributed by atoms with E-state index in [1.165, 1.54) is 19.5 Å². The largest absolute Gasteiger partial charge is 0.444 e. The van der Waals surface area contributed by atoms with Gasteiger partial charge in [0.2, 0.25) is 0 Å². The van der Waals surface area contributed by atoms with Crippen LogP contribution in [0.1, 0.15) is 22.8 Å². The number of rotatable bonds is 5. The summed E-state index contributed by atoms with van der Waals surface area (Å²) < 4.78 is 51.3. The zero-order valence-electron chi connectivity index (χ0n) is 17.8. The Balaban J connectivity index is 1.49. The predicted octanol–water partition coefficient (Wildman–Crippen LogP) is 2.97. The Bertz CT molecular complexity index is 1040. The summed E-state index contributed by atoms with van der Waals surface area (Å²) in [6, 6.07) is 1.04. The molecule has 0 bridgehead atoms. The van der Waals surface area contributed by atoms with Crippen molar-refractivity contribution in [3.05, 3.63) is 22.6 Å². The van der Waals surface area contributed by atoms with E-state index in [2.05, 4.69) is 10.3 Å². The molecule has 2 amide bonds. The number of pyridine rings is 1. The van der Waals surface area contributed by atoms with Gasteiger partial charge in [-0.1, -0.05) is 0 Å². The zero-order valence-corrected chi connectivity index (χ0v) is 18.6. The van der Waals surface area contributed by atoms with Crippen LogP contribution in [0.2, 0.25) is 0 Å². The van der Waals surface area contributed by atoms with E-state index in [1.54, 1.807) is 16.7 Å². The fourth-order valence-electron chi connectivity index (χ4n) is 4.20. The average Bonchev–Trinajstić information content (AvgIpc) is 3.07. The topological polar surface area (TPSA) is 84.0 Å². The quantitative estimate of drug-likeness (QED) is 0.721. The normalized spacial score (nSPS) is 18.3. The highest BCUT2D eigenvalue weighted by Crippen LogP contribution is 2.45. The lowest BCUT2D eigenvalue weighted by Gasteiger charge is -2.60. The van der Waals surface area contributed by atoms with Gasteiger partial charge in [-0.3, -0.25) is 4.79 Å². The molecule has 8 nitrogen and oxygen atoms in total. The number of halogens is 3. The van der Waals surface area contributed by atoms with Crippen LogP contribution < -0.4 is 10.2 Å². The van der Waals surface area contributed by atoms with Crippen molar-refractivity contribution in [3.8, 4) is 0 Å². The van der Waals surface area contributed by atoms with E-state index in [4.69, 9.17) is 9.47 Å². The third-order valence-electron chi connectivity index (χ3n) is 5.68. The lowest BCUT2D eigenvalue weighted by atomic mass is 9.73. The molecular formula is C20H23F3N4O4S. The van der Waals surface area contributed by atoms with Crippen LogP contribution in [0.25, 0.3) is 10.2 Å². The molecule has 2 aliphatic rings. The zero-order chi connectivity index (χ0) is 23.3. The van der Waals surface area contributed by atoms with E-state index in [0.29, 0.717) is 32.8 Å². The Morgan fingerprint density at radius 1 is 1.31 bits per heavy atom. The number of carbonyl (C=O) groups excluding carboxylic acids is 2. The van der Waals surface area contributed by atoms with E-state index in [9.17, 15) is 22.8 Å². The number of ether oxygens (including phenoxy) is 2. The fourth-order valence-corrected chi connectivity index (χ4v) is 5.22. The van der Waals surface area contributed by atoms with E-state index in [1.807, 2.05) is 0 Å². The SMILES string of the molecule is CNC(=O)c1csc2c(C(F)(F)F)cc(N3CC4(CN(C(=O)OC(C)COC)C4)C3)nc12. The number of carbonyl (C=O) groups is 2. The van der Waals surface area contributed by atoms with Gasteiger partial charge in [-0.15, -0.1) is 11.3 Å².